The van der Waals surface area contributed by atoms with E-state index in [9.17, 15) is 0 Å². The molecule has 0 unspecified atom stereocenters. The largest absolute Gasteiger partial charge is 4.00 e. The second kappa shape index (κ2) is 25100. The number of halogens is 8. The zero-order chi connectivity index (χ0) is 0. The van der Waals surface area contributed by atoms with Crippen molar-refractivity contribution in [1.82, 2.24) is 0 Å². The molecule has 0 aliphatic rings. The van der Waals surface area contributed by atoms with Gasteiger partial charge < -0.3 is 37.6 Å². The predicted octanol–water partition coefficient (Wildman–Crippen LogP) is -24.0. The van der Waals surface area contributed by atoms with Crippen molar-refractivity contribution in [3.8, 4) is 0 Å². The smallest absolute Gasteiger partial charge is 1.00 e. The van der Waals surface area contributed by atoms with Crippen LogP contribution in [0, 0.1) is 0 Å². The Labute approximate surface area is 59.6 Å². The summed E-state index contributed by atoms with van der Waals surface area (Å²) in [5.41, 5.74) is 0. The van der Waals surface area contributed by atoms with E-state index in [0.29, 0.717) is 0 Å². The van der Waals surface area contributed by atoms with E-state index in [4.69, 9.17) is 0 Å². The Balaban J connectivity index is 0. The van der Waals surface area contributed by atoms with Crippen molar-refractivity contribution in [2.24, 2.45) is 0 Å². The summed E-state index contributed by atoms with van der Waals surface area (Å²) in [4.78, 5) is 0. The van der Waals surface area contributed by atoms with Crippen molar-refractivity contribution in [1.29, 1.82) is 0 Å². The minimum absolute atomic E-state index is 0. The summed E-state index contributed by atoms with van der Waals surface area (Å²) in [5.74, 6) is 0. The first kappa shape index (κ1) is 36600. The van der Waals surface area contributed by atoms with E-state index >= 15 is 0 Å². The van der Waals surface area contributed by atoms with Crippen LogP contribution in [0.2, 0.25) is 0 Å². The summed E-state index contributed by atoms with van der Waals surface area (Å²) in [6, 6.07) is 0. The number of hydrogen-bond donors (Lipinski definition) is 0. The van der Waals surface area contributed by atoms with Crippen LogP contribution in [0.3, 0.4) is 0 Å². The summed E-state index contributed by atoms with van der Waals surface area (Å²) in [7, 11) is 0. The second-order valence-electron chi connectivity index (χ2n) is 0. The van der Waals surface area contributed by atoms with Crippen molar-refractivity contribution in [3.63, 3.8) is 0 Å². The molecular formula is F8Mo-4. The summed E-state index contributed by atoms with van der Waals surface area (Å²) < 4.78 is 0. The monoisotopic (exact) mass is 250 g/mol. The first-order valence-corrected chi connectivity index (χ1v) is 0. The van der Waals surface area contributed by atoms with Crippen LogP contribution in [0.25, 0.3) is 0 Å². The van der Waals surface area contributed by atoms with Gasteiger partial charge in [-0.05, 0) is 0 Å². The molecule has 9 heteroatoms. The molecule has 0 aromatic carbocycles. The predicted molar refractivity (Wildman–Crippen MR) is 0 cm³/mol. The Morgan fingerprint density at radius 2 is 0.222 bits per heavy atom. The SMILES string of the molecule is [F-].[F-].[F-].[F-].[F-].[F-].[F-].[F-].[Mo+4]. The van der Waals surface area contributed by atoms with Crippen LogP contribution in [-0.2, 0) is 21.1 Å². The first-order chi connectivity index (χ1) is 0. The van der Waals surface area contributed by atoms with E-state index in [1.165, 1.54) is 0 Å². The normalized spacial score (nSPS) is 0. The quantitative estimate of drug-likeness (QED) is 0.295. The van der Waals surface area contributed by atoms with Gasteiger partial charge in [-0.15, -0.1) is 0 Å². The number of rotatable bonds is 0. The Kier molecular flexibility index (Phi) is 102000000. The molecule has 0 atom stereocenters. The van der Waals surface area contributed by atoms with Gasteiger partial charge in [0, 0.05) is 0 Å². The molecule has 0 aromatic heterocycles. The van der Waals surface area contributed by atoms with Crippen LogP contribution in [0.4, 0.5) is 0 Å². The molecule has 0 N–H and O–H groups in total. The number of hydrogen-bond acceptors (Lipinski definition) is 0. The molecule has 9 heavy (non-hydrogen) atoms. The van der Waals surface area contributed by atoms with Crippen LogP contribution >= 0.6 is 0 Å². The van der Waals surface area contributed by atoms with E-state index < -0.39 is 0 Å². The van der Waals surface area contributed by atoms with Crippen molar-refractivity contribution in [2.75, 3.05) is 0 Å². The molecule has 0 aliphatic carbocycles. The molecule has 0 saturated heterocycles. The minimum atomic E-state index is 0. The maximum atomic E-state index is 0. The van der Waals surface area contributed by atoms with Crippen LogP contribution in [0.15, 0.2) is 0 Å². The van der Waals surface area contributed by atoms with Gasteiger partial charge in [-0.25, -0.2) is 0 Å². The standard InChI is InChI=1S/8FH.Mo/h8*1H;/q;;;;;;;;+4/p-8. The van der Waals surface area contributed by atoms with Gasteiger partial charge in [0.05, 0.1) is 0 Å². The molecule has 0 amide bonds. The molecular weight excluding hydrogens is 248 g/mol. The third-order valence-corrected chi connectivity index (χ3v) is 0. The van der Waals surface area contributed by atoms with Gasteiger partial charge in [0.15, 0.2) is 0 Å². The molecule has 0 nitrogen and oxygen atoms in total. The fourth-order valence-corrected chi connectivity index (χ4v) is 0. The van der Waals surface area contributed by atoms with Crippen molar-refractivity contribution in [2.45, 2.75) is 0 Å². The second-order valence-corrected chi connectivity index (χ2v) is 0. The summed E-state index contributed by atoms with van der Waals surface area (Å²) in [5, 5.41) is 0. The maximum absolute atomic E-state index is 0. The van der Waals surface area contributed by atoms with E-state index in [1.54, 1.807) is 0 Å². The molecule has 0 aromatic rings. The van der Waals surface area contributed by atoms with Gasteiger partial charge in [0.2, 0.25) is 0 Å². The molecule has 0 aliphatic heterocycles. The Morgan fingerprint density at radius 1 is 0.222 bits per heavy atom. The van der Waals surface area contributed by atoms with Gasteiger partial charge in [-0.3, -0.25) is 0 Å². The van der Waals surface area contributed by atoms with Crippen molar-refractivity contribution >= 4 is 0 Å². The third-order valence-electron chi connectivity index (χ3n) is 0. The fraction of sp³-hybridized carbons (Fsp3) is 0. The molecule has 0 fully saturated rings. The van der Waals surface area contributed by atoms with Crippen molar-refractivity contribution in [3.05, 3.63) is 0 Å². The first-order valence-electron chi connectivity index (χ1n) is 0. The minimum Gasteiger partial charge on any atom is -1.00 e. The van der Waals surface area contributed by atoms with Gasteiger partial charge >= 0.3 is 21.1 Å². The van der Waals surface area contributed by atoms with Gasteiger partial charge in [0.25, 0.3) is 0 Å². The Hall–Kier alpha value is 0.128. The van der Waals surface area contributed by atoms with E-state index in [1.807, 2.05) is 0 Å². The molecule has 0 rings (SSSR count). The molecule has 0 bridgehead atoms. The summed E-state index contributed by atoms with van der Waals surface area (Å²) in [6.07, 6.45) is 0. The Bertz CT molecular complexity index is 4.53. The van der Waals surface area contributed by atoms with Crippen LogP contribution < -0.4 is 37.6 Å². The maximum Gasteiger partial charge on any atom is 4.00 e. The van der Waals surface area contributed by atoms with Gasteiger partial charge in [-0.2, -0.15) is 0 Å². The van der Waals surface area contributed by atoms with Gasteiger partial charge in [0.1, 0.15) is 0 Å². The van der Waals surface area contributed by atoms with E-state index in [0.717, 1.165) is 0 Å². The van der Waals surface area contributed by atoms with Crippen LogP contribution in [0.5, 0.6) is 0 Å². The molecule has 0 saturated carbocycles. The molecule has 0 heterocycles. The zero-order valence-electron chi connectivity index (χ0n) is 3.43. The summed E-state index contributed by atoms with van der Waals surface area (Å²) in [6.45, 7) is 0. The molecule has 0 radical (unpaired) electrons. The third kappa shape index (κ3) is 18500. The molecule has 0 spiro atoms. The van der Waals surface area contributed by atoms with E-state index in [-0.39, 0.29) is 58.7 Å². The average Bonchev–Trinajstić information content (AvgIpc) is 0. The topological polar surface area (TPSA) is 0 Å². The van der Waals surface area contributed by atoms with Crippen LogP contribution in [0.1, 0.15) is 0 Å². The van der Waals surface area contributed by atoms with Crippen molar-refractivity contribution < 1.29 is 58.7 Å². The van der Waals surface area contributed by atoms with Gasteiger partial charge in [-0.1, -0.05) is 0 Å². The summed E-state index contributed by atoms with van der Waals surface area (Å²) >= 11 is 0. The van der Waals surface area contributed by atoms with E-state index in [2.05, 4.69) is 0 Å². The molecule has 66 valence electrons. The average molecular weight is 248 g/mol. The van der Waals surface area contributed by atoms with Crippen LogP contribution in [-0.4, -0.2) is 0 Å². The zero-order valence-corrected chi connectivity index (χ0v) is 5.44. The Morgan fingerprint density at radius 3 is 0.222 bits per heavy atom. The fourth-order valence-electron chi connectivity index (χ4n) is 0.